The summed E-state index contributed by atoms with van der Waals surface area (Å²) in [5.41, 5.74) is 1.82. The van der Waals surface area contributed by atoms with E-state index in [9.17, 15) is 9.18 Å². The molecule has 1 aliphatic carbocycles. The predicted molar refractivity (Wildman–Crippen MR) is 118 cm³/mol. The molecule has 1 spiro atoms. The number of halogens is 1. The SMILES string of the molecule is O=C(c1ccc(F)cc1)N1CCC2(CC1)CC(N(Cc1ccccc1)C1CC1)CCO2. The second-order valence-corrected chi connectivity index (χ2v) is 9.37. The maximum absolute atomic E-state index is 13.2. The quantitative estimate of drug-likeness (QED) is 0.704. The van der Waals surface area contributed by atoms with E-state index in [-0.39, 0.29) is 17.3 Å². The van der Waals surface area contributed by atoms with Crippen LogP contribution in [0.4, 0.5) is 4.39 Å². The fraction of sp³-hybridized carbons (Fsp3) is 0.500. The Morgan fingerprint density at radius 2 is 1.71 bits per heavy atom. The van der Waals surface area contributed by atoms with E-state index >= 15 is 0 Å². The number of piperidine rings is 1. The van der Waals surface area contributed by atoms with Gasteiger partial charge in [-0.1, -0.05) is 30.3 Å². The number of rotatable bonds is 5. The molecule has 2 heterocycles. The molecule has 3 aliphatic rings. The highest BCUT2D eigenvalue weighted by Gasteiger charge is 2.45. The van der Waals surface area contributed by atoms with E-state index in [1.165, 1.54) is 30.5 Å². The lowest BCUT2D eigenvalue weighted by Crippen LogP contribution is -2.54. The minimum atomic E-state index is -0.313. The number of benzene rings is 2. The molecule has 2 aliphatic heterocycles. The van der Waals surface area contributed by atoms with E-state index in [2.05, 4.69) is 35.2 Å². The topological polar surface area (TPSA) is 32.8 Å². The molecular weight excluding hydrogens is 391 g/mol. The van der Waals surface area contributed by atoms with E-state index < -0.39 is 0 Å². The molecule has 4 nitrogen and oxygen atoms in total. The highest BCUT2D eigenvalue weighted by Crippen LogP contribution is 2.40. The average Bonchev–Trinajstić information content (AvgIpc) is 3.64. The van der Waals surface area contributed by atoms with Crippen LogP contribution in [-0.2, 0) is 11.3 Å². The van der Waals surface area contributed by atoms with Crippen molar-refractivity contribution in [1.82, 2.24) is 9.80 Å². The van der Waals surface area contributed by atoms with Crippen LogP contribution in [0.3, 0.4) is 0 Å². The maximum Gasteiger partial charge on any atom is 0.253 e. The number of nitrogens with zero attached hydrogens (tertiary/aromatic N) is 2. The molecule has 5 rings (SSSR count). The van der Waals surface area contributed by atoms with Crippen molar-refractivity contribution in [1.29, 1.82) is 0 Å². The number of likely N-dealkylation sites (tertiary alicyclic amines) is 1. The first-order chi connectivity index (χ1) is 15.1. The second kappa shape index (κ2) is 8.71. The number of hydrogen-bond donors (Lipinski definition) is 0. The summed E-state index contributed by atoms with van der Waals surface area (Å²) in [5, 5.41) is 0. The molecule has 0 aromatic heterocycles. The highest BCUT2D eigenvalue weighted by atomic mass is 19.1. The van der Waals surface area contributed by atoms with Gasteiger partial charge in [0.2, 0.25) is 0 Å². The first-order valence-corrected chi connectivity index (χ1v) is 11.6. The molecule has 2 saturated heterocycles. The van der Waals surface area contributed by atoms with Crippen LogP contribution < -0.4 is 0 Å². The molecule has 3 fully saturated rings. The van der Waals surface area contributed by atoms with Crippen molar-refractivity contribution in [2.24, 2.45) is 0 Å². The molecule has 31 heavy (non-hydrogen) atoms. The Balaban J connectivity index is 1.23. The fourth-order valence-corrected chi connectivity index (χ4v) is 5.28. The lowest BCUT2D eigenvalue weighted by molar-refractivity contribution is -0.131. The van der Waals surface area contributed by atoms with Gasteiger partial charge in [0.25, 0.3) is 5.91 Å². The number of carbonyl (C=O) groups excluding carboxylic acids is 1. The summed E-state index contributed by atoms with van der Waals surface area (Å²) in [6.45, 7) is 3.21. The molecule has 2 aromatic carbocycles. The van der Waals surface area contributed by atoms with Crippen molar-refractivity contribution in [2.75, 3.05) is 19.7 Å². The van der Waals surface area contributed by atoms with Gasteiger partial charge in [-0.15, -0.1) is 0 Å². The van der Waals surface area contributed by atoms with Gasteiger partial charge in [-0.2, -0.15) is 0 Å². The van der Waals surface area contributed by atoms with Crippen molar-refractivity contribution in [3.05, 3.63) is 71.5 Å². The first kappa shape index (κ1) is 20.7. The van der Waals surface area contributed by atoms with Crippen LogP contribution in [0.15, 0.2) is 54.6 Å². The number of carbonyl (C=O) groups is 1. The lowest BCUT2D eigenvalue weighted by Gasteiger charge is -2.48. The Hall–Kier alpha value is -2.24. The summed E-state index contributed by atoms with van der Waals surface area (Å²) >= 11 is 0. The summed E-state index contributed by atoms with van der Waals surface area (Å²) in [6.07, 6.45) is 6.49. The van der Waals surface area contributed by atoms with E-state index in [1.54, 1.807) is 12.1 Å². The molecule has 164 valence electrons. The smallest absolute Gasteiger partial charge is 0.253 e. The lowest BCUT2D eigenvalue weighted by atomic mass is 9.81. The third kappa shape index (κ3) is 4.68. The number of hydrogen-bond acceptors (Lipinski definition) is 3. The van der Waals surface area contributed by atoms with Crippen LogP contribution in [0, 0.1) is 5.82 Å². The van der Waals surface area contributed by atoms with Gasteiger partial charge < -0.3 is 9.64 Å². The summed E-state index contributed by atoms with van der Waals surface area (Å²) in [5.74, 6) is -0.322. The van der Waals surface area contributed by atoms with Crippen LogP contribution in [0.25, 0.3) is 0 Å². The third-order valence-electron chi connectivity index (χ3n) is 7.21. The van der Waals surface area contributed by atoms with Gasteiger partial charge in [-0.25, -0.2) is 4.39 Å². The molecule has 5 heteroatoms. The minimum Gasteiger partial charge on any atom is -0.375 e. The fourth-order valence-electron chi connectivity index (χ4n) is 5.28. The number of amides is 1. The standard InChI is InChI=1S/C26H31FN2O2/c27-22-8-6-21(7-9-22)25(30)28-15-13-26(14-16-28)18-24(12-17-31-26)29(23-10-11-23)19-20-4-2-1-3-5-20/h1-9,23-24H,10-19H2. The Morgan fingerprint density at radius 3 is 2.39 bits per heavy atom. The third-order valence-corrected chi connectivity index (χ3v) is 7.21. The van der Waals surface area contributed by atoms with Crippen molar-refractivity contribution >= 4 is 5.91 Å². The molecular formula is C26H31FN2O2. The van der Waals surface area contributed by atoms with Gasteiger partial charge in [0.05, 0.1) is 5.60 Å². The summed E-state index contributed by atoms with van der Waals surface area (Å²) in [6, 6.07) is 17.9. The molecule has 1 amide bonds. The van der Waals surface area contributed by atoms with Gasteiger partial charge >= 0.3 is 0 Å². The molecule has 1 atom stereocenters. The Morgan fingerprint density at radius 1 is 1.00 bits per heavy atom. The van der Waals surface area contributed by atoms with E-state index in [4.69, 9.17) is 4.74 Å². The van der Waals surface area contributed by atoms with Gasteiger partial charge in [0, 0.05) is 43.9 Å². The van der Waals surface area contributed by atoms with Crippen LogP contribution in [0.1, 0.15) is 54.4 Å². The molecule has 1 saturated carbocycles. The van der Waals surface area contributed by atoms with Gasteiger partial charge in [0.1, 0.15) is 5.82 Å². The van der Waals surface area contributed by atoms with Gasteiger partial charge in [0.15, 0.2) is 0 Å². The second-order valence-electron chi connectivity index (χ2n) is 9.37. The monoisotopic (exact) mass is 422 g/mol. The van der Waals surface area contributed by atoms with Crippen molar-refractivity contribution in [2.45, 2.75) is 62.8 Å². The normalized spacial score (nSPS) is 23.3. The minimum absolute atomic E-state index is 0.00843. The summed E-state index contributed by atoms with van der Waals surface area (Å²) in [7, 11) is 0. The summed E-state index contributed by atoms with van der Waals surface area (Å²) in [4.78, 5) is 17.4. The molecule has 2 aromatic rings. The first-order valence-electron chi connectivity index (χ1n) is 11.6. The Labute approximate surface area is 184 Å². The largest absolute Gasteiger partial charge is 0.375 e. The maximum atomic E-state index is 13.2. The molecule has 1 unspecified atom stereocenters. The molecule has 0 bridgehead atoms. The number of ether oxygens (including phenoxy) is 1. The van der Waals surface area contributed by atoms with Crippen LogP contribution in [0.2, 0.25) is 0 Å². The average molecular weight is 423 g/mol. The van der Waals surface area contributed by atoms with Crippen molar-refractivity contribution in [3.8, 4) is 0 Å². The van der Waals surface area contributed by atoms with E-state index in [1.807, 2.05) is 4.90 Å². The van der Waals surface area contributed by atoms with Crippen LogP contribution in [0.5, 0.6) is 0 Å². The zero-order chi connectivity index (χ0) is 21.3. The van der Waals surface area contributed by atoms with Crippen LogP contribution in [-0.4, -0.2) is 53.1 Å². The van der Waals surface area contributed by atoms with E-state index in [0.29, 0.717) is 30.7 Å². The van der Waals surface area contributed by atoms with Crippen molar-refractivity contribution in [3.63, 3.8) is 0 Å². The zero-order valence-corrected chi connectivity index (χ0v) is 18.0. The van der Waals surface area contributed by atoms with Gasteiger partial charge in [-0.3, -0.25) is 9.69 Å². The Kier molecular flexibility index (Phi) is 5.81. The zero-order valence-electron chi connectivity index (χ0n) is 18.0. The predicted octanol–water partition coefficient (Wildman–Crippen LogP) is 4.64. The van der Waals surface area contributed by atoms with Crippen molar-refractivity contribution < 1.29 is 13.9 Å². The van der Waals surface area contributed by atoms with Crippen LogP contribution >= 0.6 is 0 Å². The molecule has 0 N–H and O–H groups in total. The Bertz CT molecular complexity index is 889. The summed E-state index contributed by atoms with van der Waals surface area (Å²) < 4.78 is 19.6. The highest BCUT2D eigenvalue weighted by molar-refractivity contribution is 5.94. The molecule has 0 radical (unpaired) electrons. The van der Waals surface area contributed by atoms with E-state index in [0.717, 1.165) is 38.8 Å². The van der Waals surface area contributed by atoms with Gasteiger partial charge in [-0.05, 0) is 68.4 Å².